The highest BCUT2D eigenvalue weighted by atomic mass is 35.5. The van der Waals surface area contributed by atoms with Crippen LogP contribution in [0.5, 0.6) is 0 Å². The molecule has 0 radical (unpaired) electrons. The number of nitrogens with zero attached hydrogens (tertiary/aromatic N) is 1. The van der Waals surface area contributed by atoms with E-state index in [4.69, 9.17) is 11.6 Å². The number of ketones is 1. The maximum Gasteiger partial charge on any atom is 0.275 e. The molecule has 0 saturated heterocycles. The zero-order valence-electron chi connectivity index (χ0n) is 17.0. The number of allylic oxidation sites excluding steroid dienone is 1. The van der Waals surface area contributed by atoms with Gasteiger partial charge in [0.05, 0.1) is 27.9 Å². The molecule has 0 bridgehead atoms. The molecule has 5 rings (SSSR count). The van der Waals surface area contributed by atoms with Gasteiger partial charge in [-0.15, -0.1) is 0 Å². The fraction of sp³-hybridized carbons (Fsp3) is 0.160. The maximum atomic E-state index is 13.5. The van der Waals surface area contributed by atoms with E-state index in [1.807, 2.05) is 48.5 Å². The SMILES string of the molecule is O=C1CC(c2ccc(Cl)cc2)CC2=C1C(c1ccccc1[N+](=O)[O-])Nc1ccccc1N2. The lowest BCUT2D eigenvalue weighted by atomic mass is 9.78. The van der Waals surface area contributed by atoms with Crippen molar-refractivity contribution in [1.82, 2.24) is 0 Å². The van der Waals surface area contributed by atoms with Crippen LogP contribution in [0.4, 0.5) is 17.1 Å². The van der Waals surface area contributed by atoms with Crippen LogP contribution < -0.4 is 10.6 Å². The van der Waals surface area contributed by atoms with Crippen molar-refractivity contribution in [2.45, 2.75) is 24.8 Å². The Morgan fingerprint density at radius 3 is 2.34 bits per heavy atom. The van der Waals surface area contributed by atoms with Crippen LogP contribution in [0.15, 0.2) is 84.1 Å². The number of benzene rings is 3. The van der Waals surface area contributed by atoms with Gasteiger partial charge >= 0.3 is 0 Å². The summed E-state index contributed by atoms with van der Waals surface area (Å²) in [6.07, 6.45) is 0.952. The van der Waals surface area contributed by atoms with Gasteiger partial charge in [0.25, 0.3) is 5.69 Å². The Bertz CT molecular complexity index is 1250. The van der Waals surface area contributed by atoms with Crippen LogP contribution in [0.1, 0.15) is 35.9 Å². The summed E-state index contributed by atoms with van der Waals surface area (Å²) in [7, 11) is 0. The molecule has 1 heterocycles. The summed E-state index contributed by atoms with van der Waals surface area (Å²) in [5, 5.41) is 19.3. The highest BCUT2D eigenvalue weighted by Crippen LogP contribution is 2.45. The molecular weight excluding hydrogens is 426 g/mol. The van der Waals surface area contributed by atoms with Crippen molar-refractivity contribution >= 4 is 34.4 Å². The van der Waals surface area contributed by atoms with Crippen molar-refractivity contribution in [2.75, 3.05) is 10.6 Å². The molecule has 2 unspecified atom stereocenters. The zero-order chi connectivity index (χ0) is 22.2. The first-order chi connectivity index (χ1) is 15.5. The molecule has 3 aromatic carbocycles. The van der Waals surface area contributed by atoms with Crippen molar-refractivity contribution in [1.29, 1.82) is 0 Å². The Morgan fingerprint density at radius 2 is 1.59 bits per heavy atom. The Kier molecular flexibility index (Phi) is 5.15. The van der Waals surface area contributed by atoms with Crippen LogP contribution in [-0.4, -0.2) is 10.7 Å². The monoisotopic (exact) mass is 445 g/mol. The highest BCUT2D eigenvalue weighted by Gasteiger charge is 2.38. The van der Waals surface area contributed by atoms with Crippen molar-refractivity contribution in [2.24, 2.45) is 0 Å². The summed E-state index contributed by atoms with van der Waals surface area (Å²) in [6.45, 7) is 0. The van der Waals surface area contributed by atoms with E-state index >= 15 is 0 Å². The van der Waals surface area contributed by atoms with E-state index in [2.05, 4.69) is 10.6 Å². The van der Waals surface area contributed by atoms with Gasteiger partial charge in [-0.25, -0.2) is 0 Å². The van der Waals surface area contributed by atoms with E-state index in [0.717, 1.165) is 22.6 Å². The van der Waals surface area contributed by atoms with Crippen LogP contribution in [0.3, 0.4) is 0 Å². The van der Waals surface area contributed by atoms with Crippen molar-refractivity contribution in [3.63, 3.8) is 0 Å². The van der Waals surface area contributed by atoms with Gasteiger partial charge < -0.3 is 10.6 Å². The molecule has 1 aliphatic carbocycles. The molecule has 1 aliphatic heterocycles. The minimum atomic E-state index is -0.624. The minimum Gasteiger partial charge on any atom is -0.372 e. The summed E-state index contributed by atoms with van der Waals surface area (Å²) in [5.74, 6) is -0.0233. The van der Waals surface area contributed by atoms with Gasteiger partial charge in [-0.2, -0.15) is 0 Å². The van der Waals surface area contributed by atoms with Gasteiger partial charge in [0.15, 0.2) is 5.78 Å². The van der Waals surface area contributed by atoms with Crippen molar-refractivity contribution < 1.29 is 9.72 Å². The molecule has 2 N–H and O–H groups in total. The topological polar surface area (TPSA) is 84.3 Å². The standard InChI is InChI=1S/C25H20ClN3O3/c26-17-11-9-15(10-12-17)16-13-21-24(23(30)14-16)25(18-5-1-4-8-22(18)29(31)32)28-20-7-3-2-6-19(20)27-21/h1-12,16,25,27-28H,13-14H2. The molecule has 6 nitrogen and oxygen atoms in total. The third-order valence-electron chi connectivity index (χ3n) is 6.09. The van der Waals surface area contributed by atoms with Gasteiger partial charge in [0.2, 0.25) is 0 Å². The Hall–Kier alpha value is -3.64. The lowest BCUT2D eigenvalue weighted by molar-refractivity contribution is -0.385. The Morgan fingerprint density at radius 1 is 0.906 bits per heavy atom. The Labute approximate surface area is 190 Å². The molecule has 2 aliphatic rings. The fourth-order valence-electron chi connectivity index (χ4n) is 4.59. The average molecular weight is 446 g/mol. The minimum absolute atomic E-state index is 0.00249. The predicted molar refractivity (Wildman–Crippen MR) is 125 cm³/mol. The van der Waals surface area contributed by atoms with E-state index < -0.39 is 11.0 Å². The smallest absolute Gasteiger partial charge is 0.275 e. The largest absolute Gasteiger partial charge is 0.372 e. The second kappa shape index (κ2) is 8.13. The van der Waals surface area contributed by atoms with Gasteiger partial charge in [-0.1, -0.05) is 48.0 Å². The van der Waals surface area contributed by atoms with E-state index in [9.17, 15) is 14.9 Å². The third kappa shape index (κ3) is 3.63. The molecule has 7 heteroatoms. The number of anilines is 2. The summed E-state index contributed by atoms with van der Waals surface area (Å²) in [6, 6.07) is 21.2. The number of fused-ring (bicyclic) bond motifs is 1. The fourth-order valence-corrected chi connectivity index (χ4v) is 4.72. The molecule has 0 amide bonds. The Balaban J connectivity index is 1.64. The maximum absolute atomic E-state index is 13.5. The van der Waals surface area contributed by atoms with E-state index in [-0.39, 0.29) is 17.4 Å². The van der Waals surface area contributed by atoms with Crippen LogP contribution in [0.25, 0.3) is 0 Å². The first kappa shape index (κ1) is 20.3. The van der Waals surface area contributed by atoms with E-state index in [0.29, 0.717) is 29.0 Å². The van der Waals surface area contributed by atoms with Crippen LogP contribution in [0.2, 0.25) is 5.02 Å². The third-order valence-corrected chi connectivity index (χ3v) is 6.35. The molecule has 0 fully saturated rings. The molecule has 0 spiro atoms. The average Bonchev–Trinajstić information content (AvgIpc) is 2.96. The van der Waals surface area contributed by atoms with Crippen molar-refractivity contribution in [3.05, 3.63) is 110 Å². The van der Waals surface area contributed by atoms with Crippen LogP contribution >= 0.6 is 11.6 Å². The number of rotatable bonds is 3. The normalized spacial score (nSPS) is 19.8. The molecular formula is C25H20ClN3O3. The summed E-state index contributed by atoms with van der Waals surface area (Å²) >= 11 is 6.04. The van der Waals surface area contributed by atoms with E-state index in [1.54, 1.807) is 18.2 Å². The van der Waals surface area contributed by atoms with Gasteiger partial charge in [0.1, 0.15) is 0 Å². The van der Waals surface area contributed by atoms with Crippen LogP contribution in [-0.2, 0) is 4.79 Å². The number of nitro groups is 1. The summed E-state index contributed by atoms with van der Waals surface area (Å²) < 4.78 is 0. The van der Waals surface area contributed by atoms with Gasteiger partial charge in [0, 0.05) is 28.8 Å². The first-order valence-corrected chi connectivity index (χ1v) is 10.8. The number of carbonyl (C=O) groups excluding carboxylic acids is 1. The quantitative estimate of drug-likeness (QED) is 0.369. The second-order valence-corrected chi connectivity index (χ2v) is 8.47. The summed E-state index contributed by atoms with van der Waals surface area (Å²) in [5.41, 5.74) is 4.49. The van der Waals surface area contributed by atoms with Gasteiger partial charge in [-0.05, 0) is 48.2 Å². The number of hydrogen-bond donors (Lipinski definition) is 2. The zero-order valence-corrected chi connectivity index (χ0v) is 17.8. The van der Waals surface area contributed by atoms with Gasteiger partial charge in [-0.3, -0.25) is 14.9 Å². The molecule has 0 saturated carbocycles. The number of nitrogens with one attached hydrogen (secondary N) is 2. The van der Waals surface area contributed by atoms with Crippen LogP contribution in [0, 0.1) is 10.1 Å². The number of carbonyl (C=O) groups is 1. The molecule has 32 heavy (non-hydrogen) atoms. The highest BCUT2D eigenvalue weighted by molar-refractivity contribution is 6.30. The molecule has 3 aromatic rings. The first-order valence-electron chi connectivity index (χ1n) is 10.4. The molecule has 0 aromatic heterocycles. The van der Waals surface area contributed by atoms with Crippen molar-refractivity contribution in [3.8, 4) is 0 Å². The molecule has 2 atom stereocenters. The number of halogens is 1. The molecule has 160 valence electrons. The predicted octanol–water partition coefficient (Wildman–Crippen LogP) is 6.23. The summed E-state index contributed by atoms with van der Waals surface area (Å²) in [4.78, 5) is 24.9. The second-order valence-electron chi connectivity index (χ2n) is 8.04. The lowest BCUT2D eigenvalue weighted by Crippen LogP contribution is -2.27. The number of nitro benzene ring substituents is 1. The van der Waals surface area contributed by atoms with E-state index in [1.165, 1.54) is 6.07 Å². The lowest BCUT2D eigenvalue weighted by Gasteiger charge is -2.29. The number of para-hydroxylation sites is 3. The number of Topliss-reactive ketones (excluding diaryl/α,β-unsaturated/α-hetero) is 1. The number of hydrogen-bond acceptors (Lipinski definition) is 5.